The molecule has 0 aromatic carbocycles. The van der Waals surface area contributed by atoms with Gasteiger partial charge >= 0.3 is 0 Å². The van der Waals surface area contributed by atoms with Gasteiger partial charge in [-0.2, -0.15) is 0 Å². The summed E-state index contributed by atoms with van der Waals surface area (Å²) in [6, 6.07) is 3.76. The highest BCUT2D eigenvalue weighted by Gasteiger charge is 2.38. The van der Waals surface area contributed by atoms with Gasteiger partial charge in [0, 0.05) is 23.7 Å². The summed E-state index contributed by atoms with van der Waals surface area (Å²) in [5.74, 6) is 0.278. The van der Waals surface area contributed by atoms with Gasteiger partial charge in [-0.05, 0) is 12.1 Å². The lowest BCUT2D eigenvalue weighted by Gasteiger charge is -2.23. The highest BCUT2D eigenvalue weighted by Crippen LogP contribution is 2.37. The molecule has 0 saturated carbocycles. The van der Waals surface area contributed by atoms with Gasteiger partial charge in [0.15, 0.2) is 5.78 Å². The third kappa shape index (κ3) is 1.41. The fourth-order valence-corrected chi connectivity index (χ4v) is 3.89. The van der Waals surface area contributed by atoms with E-state index in [1.54, 1.807) is 6.20 Å². The van der Waals surface area contributed by atoms with Crippen LogP contribution in [-0.2, 0) is 0 Å². The minimum absolute atomic E-state index is 0.278. The molecule has 0 aliphatic heterocycles. The van der Waals surface area contributed by atoms with E-state index in [0.29, 0.717) is 12.0 Å². The smallest absolute Gasteiger partial charge is 0.165 e. The van der Waals surface area contributed by atoms with Crippen LogP contribution in [-0.4, -0.2) is 18.8 Å². The highest BCUT2D eigenvalue weighted by molar-refractivity contribution is 6.78. The van der Waals surface area contributed by atoms with Crippen LogP contribution in [0.15, 0.2) is 18.3 Å². The van der Waals surface area contributed by atoms with E-state index in [4.69, 9.17) is 0 Å². The van der Waals surface area contributed by atoms with Crippen LogP contribution in [0, 0.1) is 0 Å². The Morgan fingerprint density at radius 1 is 1.43 bits per heavy atom. The molecule has 2 nitrogen and oxygen atoms in total. The van der Waals surface area contributed by atoms with Gasteiger partial charge in [0.25, 0.3) is 0 Å². The molecule has 0 spiro atoms. The Morgan fingerprint density at radius 2 is 2.14 bits per heavy atom. The number of ketones is 1. The molecule has 1 aromatic rings. The van der Waals surface area contributed by atoms with Crippen molar-refractivity contribution >= 4 is 13.9 Å². The second-order valence-electron chi connectivity index (χ2n) is 4.98. The van der Waals surface area contributed by atoms with Crippen molar-refractivity contribution in [3.63, 3.8) is 0 Å². The molecule has 1 aromatic heterocycles. The molecule has 1 aliphatic rings. The molecule has 1 heterocycles. The van der Waals surface area contributed by atoms with Crippen molar-refractivity contribution in [3.8, 4) is 0 Å². The zero-order valence-corrected chi connectivity index (χ0v) is 9.87. The van der Waals surface area contributed by atoms with Crippen LogP contribution < -0.4 is 0 Å². The molecule has 14 heavy (non-hydrogen) atoms. The molecule has 74 valence electrons. The molecule has 0 bridgehead atoms. The molecule has 1 atom stereocenters. The maximum atomic E-state index is 11.7. The largest absolute Gasteiger partial charge is 0.294 e. The summed E-state index contributed by atoms with van der Waals surface area (Å²) in [6.07, 6.45) is 2.48. The Labute approximate surface area is 85.4 Å². The van der Waals surface area contributed by atoms with Crippen molar-refractivity contribution in [1.29, 1.82) is 0 Å². The van der Waals surface area contributed by atoms with Crippen LogP contribution in [0.25, 0.3) is 0 Å². The first-order valence-corrected chi connectivity index (χ1v) is 8.56. The monoisotopic (exact) mass is 205 g/mol. The van der Waals surface area contributed by atoms with Gasteiger partial charge in [0.2, 0.25) is 0 Å². The second-order valence-corrected chi connectivity index (χ2v) is 10.4. The van der Waals surface area contributed by atoms with Gasteiger partial charge in [-0.3, -0.25) is 9.78 Å². The Kier molecular flexibility index (Phi) is 2.07. The standard InChI is InChI=1S/C11H15NOSi/c1-14(2,3)10-7-9(13)8-5-4-6-12-11(8)10/h4-6,10H,7H2,1-3H3. The molecule has 1 unspecified atom stereocenters. The van der Waals surface area contributed by atoms with Gasteiger partial charge in [0.05, 0.1) is 13.8 Å². The number of pyridine rings is 1. The summed E-state index contributed by atoms with van der Waals surface area (Å²) in [5.41, 5.74) is 2.34. The highest BCUT2D eigenvalue weighted by atomic mass is 28.3. The Hall–Kier alpha value is -0.963. The Balaban J connectivity index is 2.50. The summed E-state index contributed by atoms with van der Waals surface area (Å²) in [7, 11) is -1.30. The zero-order valence-electron chi connectivity index (χ0n) is 8.87. The number of aromatic nitrogens is 1. The Bertz CT molecular complexity index is 381. The SMILES string of the molecule is C[Si](C)(C)C1CC(=O)c2cccnc21. The predicted molar refractivity (Wildman–Crippen MR) is 59.3 cm³/mol. The van der Waals surface area contributed by atoms with E-state index in [1.807, 2.05) is 12.1 Å². The lowest BCUT2D eigenvalue weighted by Crippen LogP contribution is -2.30. The predicted octanol–water partition coefficient (Wildman–Crippen LogP) is 2.63. The Morgan fingerprint density at radius 3 is 2.79 bits per heavy atom. The van der Waals surface area contributed by atoms with E-state index >= 15 is 0 Å². The number of rotatable bonds is 1. The number of Topliss-reactive ketones (excluding diaryl/α,β-unsaturated/α-hetero) is 1. The maximum Gasteiger partial charge on any atom is 0.165 e. The summed E-state index contributed by atoms with van der Waals surface area (Å²) in [6.45, 7) is 6.90. The summed E-state index contributed by atoms with van der Waals surface area (Å²) >= 11 is 0. The third-order valence-corrected chi connectivity index (χ3v) is 5.47. The fourth-order valence-electron chi connectivity index (χ4n) is 2.04. The van der Waals surface area contributed by atoms with Gasteiger partial charge in [-0.25, -0.2) is 0 Å². The minimum atomic E-state index is -1.30. The van der Waals surface area contributed by atoms with Crippen LogP contribution >= 0.6 is 0 Å². The maximum absolute atomic E-state index is 11.7. The number of nitrogens with zero attached hydrogens (tertiary/aromatic N) is 1. The first kappa shape index (κ1) is 9.59. The van der Waals surface area contributed by atoms with Crippen LogP contribution in [0.3, 0.4) is 0 Å². The van der Waals surface area contributed by atoms with Crippen molar-refractivity contribution in [2.45, 2.75) is 31.6 Å². The minimum Gasteiger partial charge on any atom is -0.294 e. The first-order valence-electron chi connectivity index (χ1n) is 4.98. The molecule has 3 heteroatoms. The summed E-state index contributed by atoms with van der Waals surface area (Å²) in [5, 5.41) is 0. The first-order chi connectivity index (χ1) is 6.50. The molecule has 1 aliphatic carbocycles. The van der Waals surface area contributed by atoms with E-state index in [1.165, 1.54) is 0 Å². The molecule has 0 radical (unpaired) electrons. The van der Waals surface area contributed by atoms with Crippen molar-refractivity contribution in [2.75, 3.05) is 0 Å². The molecular formula is C11H15NOSi. The van der Waals surface area contributed by atoms with Crippen LogP contribution in [0.5, 0.6) is 0 Å². The van der Waals surface area contributed by atoms with Crippen LogP contribution in [0.2, 0.25) is 19.6 Å². The average Bonchev–Trinajstić information content (AvgIpc) is 2.44. The average molecular weight is 205 g/mol. The van der Waals surface area contributed by atoms with Crippen molar-refractivity contribution in [3.05, 3.63) is 29.6 Å². The number of hydrogen-bond acceptors (Lipinski definition) is 2. The molecular weight excluding hydrogens is 190 g/mol. The van der Waals surface area contributed by atoms with Gasteiger partial charge < -0.3 is 0 Å². The van der Waals surface area contributed by atoms with Gasteiger partial charge in [0.1, 0.15) is 0 Å². The van der Waals surface area contributed by atoms with E-state index in [0.717, 1.165) is 11.3 Å². The van der Waals surface area contributed by atoms with Crippen molar-refractivity contribution < 1.29 is 4.79 Å². The summed E-state index contributed by atoms with van der Waals surface area (Å²) < 4.78 is 0. The number of carbonyl (C=O) groups is 1. The van der Waals surface area contributed by atoms with Crippen LogP contribution in [0.4, 0.5) is 0 Å². The van der Waals surface area contributed by atoms with E-state index in [2.05, 4.69) is 24.6 Å². The fraction of sp³-hybridized carbons (Fsp3) is 0.455. The number of fused-ring (bicyclic) bond motifs is 1. The third-order valence-electron chi connectivity index (χ3n) is 2.90. The second kappa shape index (κ2) is 3.02. The van der Waals surface area contributed by atoms with Gasteiger partial charge in [-0.15, -0.1) is 0 Å². The normalized spacial score (nSPS) is 21.1. The van der Waals surface area contributed by atoms with Gasteiger partial charge in [-0.1, -0.05) is 19.6 Å². The molecule has 0 fully saturated rings. The quantitative estimate of drug-likeness (QED) is 0.660. The molecule has 2 rings (SSSR count). The summed E-state index contributed by atoms with van der Waals surface area (Å²) in [4.78, 5) is 16.1. The van der Waals surface area contributed by atoms with Crippen molar-refractivity contribution in [2.24, 2.45) is 0 Å². The lowest BCUT2D eigenvalue weighted by atomic mass is 10.2. The van der Waals surface area contributed by atoms with E-state index in [-0.39, 0.29) is 5.78 Å². The van der Waals surface area contributed by atoms with E-state index < -0.39 is 8.07 Å². The zero-order chi connectivity index (χ0) is 10.3. The molecule has 0 saturated heterocycles. The van der Waals surface area contributed by atoms with Crippen LogP contribution in [0.1, 0.15) is 28.0 Å². The lowest BCUT2D eigenvalue weighted by molar-refractivity contribution is 0.0993. The number of carbonyl (C=O) groups excluding carboxylic acids is 1. The van der Waals surface area contributed by atoms with Crippen molar-refractivity contribution in [1.82, 2.24) is 4.98 Å². The van der Waals surface area contributed by atoms with E-state index in [9.17, 15) is 4.79 Å². The topological polar surface area (TPSA) is 30.0 Å². The number of hydrogen-bond donors (Lipinski definition) is 0. The molecule has 0 N–H and O–H groups in total. The molecule has 0 amide bonds.